The minimum Gasteiger partial charge on any atom is -0.378 e. The van der Waals surface area contributed by atoms with Gasteiger partial charge < -0.3 is 19.9 Å². The third kappa shape index (κ3) is 3.69. The first kappa shape index (κ1) is 15.9. The number of aromatic amines is 1. The predicted octanol–water partition coefficient (Wildman–Crippen LogP) is 1.10. The molecule has 0 aliphatic carbocycles. The summed E-state index contributed by atoms with van der Waals surface area (Å²) in [6.45, 7) is 2.28. The van der Waals surface area contributed by atoms with Gasteiger partial charge in [0.25, 0.3) is 11.8 Å². The number of hydrogen-bond acceptors (Lipinski definition) is 4. The van der Waals surface area contributed by atoms with Crippen molar-refractivity contribution in [3.63, 3.8) is 0 Å². The number of amides is 2. The molecule has 0 unspecified atom stereocenters. The van der Waals surface area contributed by atoms with E-state index in [2.05, 4.69) is 10.3 Å². The minimum absolute atomic E-state index is 0.0446. The summed E-state index contributed by atoms with van der Waals surface area (Å²) in [5.74, 6) is -0.379. The Morgan fingerprint density at radius 2 is 1.67 bits per heavy atom. The van der Waals surface area contributed by atoms with Gasteiger partial charge in [-0.1, -0.05) is 0 Å². The zero-order valence-corrected chi connectivity index (χ0v) is 13.0. The van der Waals surface area contributed by atoms with E-state index < -0.39 is 0 Å². The van der Waals surface area contributed by atoms with E-state index in [-0.39, 0.29) is 17.4 Å². The van der Waals surface area contributed by atoms with Crippen molar-refractivity contribution in [2.75, 3.05) is 31.6 Å². The zero-order valence-electron chi connectivity index (χ0n) is 13.0. The molecule has 7 nitrogen and oxygen atoms in total. The first-order valence-corrected chi connectivity index (χ1v) is 7.61. The van der Waals surface area contributed by atoms with Crippen LogP contribution in [0.2, 0.25) is 0 Å². The quantitative estimate of drug-likeness (QED) is 0.883. The number of benzene rings is 1. The highest BCUT2D eigenvalue weighted by Crippen LogP contribution is 2.13. The number of nitrogens with one attached hydrogen (secondary N) is 2. The van der Waals surface area contributed by atoms with Gasteiger partial charge in [-0.3, -0.25) is 14.4 Å². The van der Waals surface area contributed by atoms with Crippen LogP contribution in [-0.2, 0) is 4.74 Å². The first-order chi connectivity index (χ1) is 11.6. The van der Waals surface area contributed by atoms with Crippen LogP contribution in [0.5, 0.6) is 0 Å². The maximum absolute atomic E-state index is 12.3. The Kier molecular flexibility index (Phi) is 4.72. The third-order valence-corrected chi connectivity index (χ3v) is 3.73. The number of ether oxygens (including phenoxy) is 1. The van der Waals surface area contributed by atoms with E-state index in [1.807, 2.05) is 0 Å². The van der Waals surface area contributed by atoms with Gasteiger partial charge in [-0.15, -0.1) is 0 Å². The fraction of sp³-hybridized carbons (Fsp3) is 0.235. The second-order valence-electron chi connectivity index (χ2n) is 5.38. The number of carbonyl (C=O) groups is 2. The van der Waals surface area contributed by atoms with E-state index in [0.717, 1.165) is 0 Å². The largest absolute Gasteiger partial charge is 0.378 e. The van der Waals surface area contributed by atoms with Gasteiger partial charge in [0.1, 0.15) is 0 Å². The highest BCUT2D eigenvalue weighted by Gasteiger charge is 2.18. The summed E-state index contributed by atoms with van der Waals surface area (Å²) in [5.41, 5.74) is 1.23. The molecule has 3 rings (SSSR count). The first-order valence-electron chi connectivity index (χ1n) is 7.61. The molecule has 1 fully saturated rings. The normalized spacial score (nSPS) is 14.2. The summed E-state index contributed by atoms with van der Waals surface area (Å²) in [4.78, 5) is 39.6. The number of aromatic nitrogens is 1. The Balaban J connectivity index is 1.65. The Hall–Kier alpha value is -2.93. The molecule has 1 aliphatic rings. The van der Waals surface area contributed by atoms with Crippen LogP contribution in [-0.4, -0.2) is 48.0 Å². The lowest BCUT2D eigenvalue weighted by Crippen LogP contribution is -2.40. The minimum atomic E-state index is -0.335. The lowest BCUT2D eigenvalue weighted by molar-refractivity contribution is 0.0303. The molecule has 0 atom stereocenters. The van der Waals surface area contributed by atoms with Crippen molar-refractivity contribution in [3.8, 4) is 0 Å². The maximum Gasteiger partial charge on any atom is 0.257 e. The number of rotatable bonds is 3. The van der Waals surface area contributed by atoms with Gasteiger partial charge >= 0.3 is 0 Å². The van der Waals surface area contributed by atoms with Crippen molar-refractivity contribution in [2.45, 2.75) is 0 Å². The molecular weight excluding hydrogens is 310 g/mol. The molecule has 2 heterocycles. The highest BCUT2D eigenvalue weighted by atomic mass is 16.5. The smallest absolute Gasteiger partial charge is 0.257 e. The lowest BCUT2D eigenvalue weighted by Gasteiger charge is -2.26. The number of morpholine rings is 1. The molecule has 2 N–H and O–H groups in total. The summed E-state index contributed by atoms with van der Waals surface area (Å²) in [7, 11) is 0. The molecule has 0 saturated carbocycles. The molecule has 1 aromatic heterocycles. The molecular formula is C17H17N3O4. The van der Waals surface area contributed by atoms with E-state index in [9.17, 15) is 14.4 Å². The zero-order chi connectivity index (χ0) is 16.9. The Morgan fingerprint density at radius 1 is 1.00 bits per heavy atom. The Morgan fingerprint density at radius 3 is 2.29 bits per heavy atom. The molecule has 1 aliphatic heterocycles. The molecule has 0 radical (unpaired) electrons. The SMILES string of the molecule is O=C(Nc1ccc(C(=O)N2CCOCC2)cc1)c1ccc(=O)[nH]c1. The van der Waals surface area contributed by atoms with Crippen LogP contribution >= 0.6 is 0 Å². The third-order valence-electron chi connectivity index (χ3n) is 3.73. The van der Waals surface area contributed by atoms with Crippen LogP contribution in [0.3, 0.4) is 0 Å². The van der Waals surface area contributed by atoms with Crippen molar-refractivity contribution in [1.29, 1.82) is 0 Å². The van der Waals surface area contributed by atoms with E-state index >= 15 is 0 Å². The van der Waals surface area contributed by atoms with Gasteiger partial charge in [0.05, 0.1) is 18.8 Å². The number of hydrogen-bond donors (Lipinski definition) is 2. The van der Waals surface area contributed by atoms with Gasteiger partial charge in [-0.25, -0.2) is 0 Å². The van der Waals surface area contributed by atoms with Gasteiger partial charge in [-0.2, -0.15) is 0 Å². The predicted molar refractivity (Wildman–Crippen MR) is 88.2 cm³/mol. The molecule has 0 spiro atoms. The summed E-state index contributed by atoms with van der Waals surface area (Å²) < 4.78 is 5.23. The Bertz CT molecular complexity index is 772. The fourth-order valence-electron chi connectivity index (χ4n) is 2.40. The molecule has 7 heteroatoms. The molecule has 24 heavy (non-hydrogen) atoms. The van der Waals surface area contributed by atoms with Crippen molar-refractivity contribution >= 4 is 17.5 Å². The monoisotopic (exact) mass is 327 g/mol. The van der Waals surface area contributed by atoms with Gasteiger partial charge in [0, 0.05) is 36.6 Å². The van der Waals surface area contributed by atoms with Gasteiger partial charge in [-0.05, 0) is 30.3 Å². The molecule has 1 saturated heterocycles. The van der Waals surface area contributed by atoms with Gasteiger partial charge in [0.15, 0.2) is 0 Å². The standard InChI is InChI=1S/C17H17N3O4/c21-15-6-3-13(11-18-15)16(22)19-14-4-1-12(2-5-14)17(23)20-7-9-24-10-8-20/h1-6,11H,7-10H2,(H,18,21)(H,19,22). The average Bonchev–Trinajstić information content (AvgIpc) is 2.63. The van der Waals surface area contributed by atoms with E-state index in [0.29, 0.717) is 43.1 Å². The van der Waals surface area contributed by atoms with Gasteiger partial charge in [0.2, 0.25) is 5.56 Å². The van der Waals surface area contributed by atoms with Crippen LogP contribution < -0.4 is 10.9 Å². The van der Waals surface area contributed by atoms with Crippen LogP contribution in [0.15, 0.2) is 47.4 Å². The molecule has 124 valence electrons. The van der Waals surface area contributed by atoms with E-state index in [1.165, 1.54) is 18.3 Å². The van der Waals surface area contributed by atoms with E-state index in [4.69, 9.17) is 4.74 Å². The number of H-pyrrole nitrogens is 1. The number of anilines is 1. The average molecular weight is 327 g/mol. The highest BCUT2D eigenvalue weighted by molar-refractivity contribution is 6.04. The second-order valence-corrected chi connectivity index (χ2v) is 5.38. The number of pyridine rings is 1. The van der Waals surface area contributed by atoms with Crippen LogP contribution in [0.4, 0.5) is 5.69 Å². The Labute approximate surface area is 138 Å². The fourth-order valence-corrected chi connectivity index (χ4v) is 2.40. The summed E-state index contributed by atoms with van der Waals surface area (Å²) in [6.07, 6.45) is 1.36. The topological polar surface area (TPSA) is 91.5 Å². The number of carbonyl (C=O) groups excluding carboxylic acids is 2. The second kappa shape index (κ2) is 7.10. The van der Waals surface area contributed by atoms with E-state index in [1.54, 1.807) is 29.2 Å². The van der Waals surface area contributed by atoms with Crippen molar-refractivity contribution in [3.05, 3.63) is 64.1 Å². The van der Waals surface area contributed by atoms with Crippen LogP contribution in [0.25, 0.3) is 0 Å². The lowest BCUT2D eigenvalue weighted by atomic mass is 10.1. The van der Waals surface area contributed by atoms with Crippen molar-refractivity contribution in [1.82, 2.24) is 9.88 Å². The molecule has 2 amide bonds. The molecule has 0 bridgehead atoms. The van der Waals surface area contributed by atoms with Crippen LogP contribution in [0.1, 0.15) is 20.7 Å². The van der Waals surface area contributed by atoms with Crippen molar-refractivity contribution < 1.29 is 14.3 Å². The summed E-state index contributed by atoms with van der Waals surface area (Å²) in [6, 6.07) is 9.46. The molecule has 1 aromatic carbocycles. The van der Waals surface area contributed by atoms with Crippen molar-refractivity contribution in [2.24, 2.45) is 0 Å². The summed E-state index contributed by atoms with van der Waals surface area (Å²) in [5, 5.41) is 2.72. The molecule has 2 aromatic rings. The van der Waals surface area contributed by atoms with Crippen LogP contribution in [0, 0.1) is 0 Å². The summed E-state index contributed by atoms with van der Waals surface area (Å²) >= 11 is 0. The number of nitrogens with zero attached hydrogens (tertiary/aromatic N) is 1. The maximum atomic E-state index is 12.3.